The van der Waals surface area contributed by atoms with Gasteiger partial charge in [-0.3, -0.25) is 4.79 Å². The first-order valence-corrected chi connectivity index (χ1v) is 6.25. The van der Waals surface area contributed by atoms with E-state index in [1.54, 1.807) is 24.3 Å². The van der Waals surface area contributed by atoms with Gasteiger partial charge in [0.1, 0.15) is 5.78 Å². The van der Waals surface area contributed by atoms with Crippen LogP contribution in [0.5, 0.6) is 0 Å². The molecule has 0 bridgehead atoms. The molecule has 1 N–H and O–H groups in total. The second-order valence-corrected chi connectivity index (χ2v) is 4.29. The zero-order valence-corrected chi connectivity index (χ0v) is 9.83. The molecule has 0 saturated carbocycles. The summed E-state index contributed by atoms with van der Waals surface area (Å²) >= 11 is 1.45. The van der Waals surface area contributed by atoms with Crippen molar-refractivity contribution in [3.63, 3.8) is 0 Å². The maximum absolute atomic E-state index is 11.3. The van der Waals surface area contributed by atoms with E-state index in [2.05, 4.69) is 0 Å². The van der Waals surface area contributed by atoms with Crippen LogP contribution in [0.1, 0.15) is 23.7 Å². The molecular formula is C12H13NO2S. The molecular weight excluding hydrogens is 222 g/mol. The summed E-state index contributed by atoms with van der Waals surface area (Å²) < 4.78 is 0. The lowest BCUT2D eigenvalue weighted by Crippen LogP contribution is -2.08. The van der Waals surface area contributed by atoms with Gasteiger partial charge in [0.25, 0.3) is 0 Å². The van der Waals surface area contributed by atoms with Gasteiger partial charge in [-0.1, -0.05) is 12.1 Å². The average Bonchev–Trinajstić information content (AvgIpc) is 2.29. The third kappa shape index (κ3) is 3.69. The van der Waals surface area contributed by atoms with E-state index in [1.807, 2.05) is 12.3 Å². The SMILES string of the molecule is CSCC(=O)CC(O)c1ccc(C#N)cc1. The number of rotatable bonds is 5. The Labute approximate surface area is 99.1 Å². The predicted octanol–water partition coefficient (Wildman–Crippen LogP) is 1.91. The molecule has 0 spiro atoms. The van der Waals surface area contributed by atoms with Crippen molar-refractivity contribution in [3.05, 3.63) is 35.4 Å². The molecule has 0 aliphatic heterocycles. The van der Waals surface area contributed by atoms with Crippen LogP contribution in [0, 0.1) is 11.3 Å². The van der Waals surface area contributed by atoms with Crippen LogP contribution in [0.2, 0.25) is 0 Å². The summed E-state index contributed by atoms with van der Waals surface area (Å²) in [5.74, 6) is 0.456. The second-order valence-electron chi connectivity index (χ2n) is 3.43. The highest BCUT2D eigenvalue weighted by atomic mass is 32.2. The quantitative estimate of drug-likeness (QED) is 0.847. The van der Waals surface area contributed by atoms with Crippen molar-refractivity contribution in [3.8, 4) is 6.07 Å². The number of aliphatic hydroxyl groups is 1. The monoisotopic (exact) mass is 235 g/mol. The van der Waals surface area contributed by atoms with Crippen LogP contribution in [0.15, 0.2) is 24.3 Å². The van der Waals surface area contributed by atoms with E-state index in [0.29, 0.717) is 16.9 Å². The molecule has 0 heterocycles. The number of aliphatic hydroxyl groups excluding tert-OH is 1. The largest absolute Gasteiger partial charge is 0.388 e. The van der Waals surface area contributed by atoms with Gasteiger partial charge >= 0.3 is 0 Å². The average molecular weight is 235 g/mol. The number of carbonyl (C=O) groups is 1. The highest BCUT2D eigenvalue weighted by molar-refractivity contribution is 7.99. The van der Waals surface area contributed by atoms with E-state index in [1.165, 1.54) is 11.8 Å². The van der Waals surface area contributed by atoms with Crippen molar-refractivity contribution in [1.29, 1.82) is 5.26 Å². The van der Waals surface area contributed by atoms with Gasteiger partial charge in [-0.05, 0) is 24.0 Å². The maximum Gasteiger partial charge on any atom is 0.145 e. The third-order valence-electron chi connectivity index (χ3n) is 2.15. The van der Waals surface area contributed by atoms with Crippen LogP contribution in [0.25, 0.3) is 0 Å². The number of Topliss-reactive ketones (excluding diaryl/α,β-unsaturated/α-hetero) is 1. The Bertz CT molecular complexity index is 394. The van der Waals surface area contributed by atoms with Gasteiger partial charge in [-0.15, -0.1) is 0 Å². The number of hydrogen-bond donors (Lipinski definition) is 1. The van der Waals surface area contributed by atoms with E-state index in [-0.39, 0.29) is 12.2 Å². The first-order valence-electron chi connectivity index (χ1n) is 4.86. The number of benzene rings is 1. The molecule has 84 valence electrons. The molecule has 0 aromatic heterocycles. The Morgan fingerprint density at radius 3 is 2.62 bits per heavy atom. The molecule has 1 atom stereocenters. The van der Waals surface area contributed by atoms with Crippen molar-refractivity contribution >= 4 is 17.5 Å². The van der Waals surface area contributed by atoms with Gasteiger partial charge < -0.3 is 5.11 Å². The molecule has 0 radical (unpaired) electrons. The van der Waals surface area contributed by atoms with E-state index in [0.717, 1.165) is 0 Å². The summed E-state index contributed by atoms with van der Waals surface area (Å²) in [6, 6.07) is 8.63. The molecule has 16 heavy (non-hydrogen) atoms. The maximum atomic E-state index is 11.3. The summed E-state index contributed by atoms with van der Waals surface area (Å²) in [7, 11) is 0. The highest BCUT2D eigenvalue weighted by Gasteiger charge is 2.12. The number of nitrogens with zero attached hydrogens (tertiary/aromatic N) is 1. The standard InChI is InChI=1S/C12H13NO2S/c1-16-8-11(14)6-12(15)10-4-2-9(7-13)3-5-10/h2-5,12,15H,6,8H2,1H3. The van der Waals surface area contributed by atoms with Gasteiger partial charge in [-0.2, -0.15) is 17.0 Å². The smallest absolute Gasteiger partial charge is 0.145 e. The van der Waals surface area contributed by atoms with Crippen LogP contribution in [-0.2, 0) is 4.79 Å². The molecule has 1 aromatic carbocycles. The van der Waals surface area contributed by atoms with E-state index in [9.17, 15) is 9.90 Å². The minimum Gasteiger partial charge on any atom is -0.388 e. The van der Waals surface area contributed by atoms with Crippen molar-refractivity contribution in [2.45, 2.75) is 12.5 Å². The fourth-order valence-electron chi connectivity index (χ4n) is 1.33. The zero-order chi connectivity index (χ0) is 12.0. The van der Waals surface area contributed by atoms with Crippen LogP contribution in [-0.4, -0.2) is 22.9 Å². The van der Waals surface area contributed by atoms with E-state index in [4.69, 9.17) is 5.26 Å². The van der Waals surface area contributed by atoms with Gasteiger partial charge in [0.05, 0.1) is 23.5 Å². The van der Waals surface area contributed by atoms with Crippen LogP contribution >= 0.6 is 11.8 Å². The highest BCUT2D eigenvalue weighted by Crippen LogP contribution is 2.18. The number of thioether (sulfide) groups is 1. The normalized spacial score (nSPS) is 11.8. The lowest BCUT2D eigenvalue weighted by atomic mass is 10.0. The van der Waals surface area contributed by atoms with Gasteiger partial charge in [0.2, 0.25) is 0 Å². The van der Waals surface area contributed by atoms with Gasteiger partial charge in [0, 0.05) is 6.42 Å². The molecule has 0 saturated heterocycles. The second kappa shape index (κ2) is 6.31. The van der Waals surface area contributed by atoms with E-state index >= 15 is 0 Å². The topological polar surface area (TPSA) is 61.1 Å². The minimum absolute atomic E-state index is 0.0318. The molecule has 0 aliphatic rings. The molecule has 1 unspecified atom stereocenters. The van der Waals surface area contributed by atoms with Crippen molar-refractivity contribution < 1.29 is 9.90 Å². The molecule has 1 rings (SSSR count). The summed E-state index contributed by atoms with van der Waals surface area (Å²) in [5.41, 5.74) is 1.22. The summed E-state index contributed by atoms with van der Waals surface area (Å²) in [4.78, 5) is 11.3. The fourth-order valence-corrected chi connectivity index (χ4v) is 1.77. The first kappa shape index (κ1) is 12.8. The Balaban J connectivity index is 2.63. The lowest BCUT2D eigenvalue weighted by Gasteiger charge is -2.09. The molecule has 4 heteroatoms. The number of ketones is 1. The van der Waals surface area contributed by atoms with Crippen molar-refractivity contribution in [1.82, 2.24) is 0 Å². The summed E-state index contributed by atoms with van der Waals surface area (Å²) in [6.45, 7) is 0. The summed E-state index contributed by atoms with van der Waals surface area (Å²) in [5, 5.41) is 18.4. The summed E-state index contributed by atoms with van der Waals surface area (Å²) in [6.07, 6.45) is 1.21. The molecule has 0 amide bonds. The van der Waals surface area contributed by atoms with Gasteiger partial charge in [-0.25, -0.2) is 0 Å². The van der Waals surface area contributed by atoms with Gasteiger partial charge in [0.15, 0.2) is 0 Å². The first-order chi connectivity index (χ1) is 7.67. The predicted molar refractivity (Wildman–Crippen MR) is 64.1 cm³/mol. The minimum atomic E-state index is -0.771. The van der Waals surface area contributed by atoms with E-state index < -0.39 is 6.10 Å². The Hall–Kier alpha value is -1.31. The zero-order valence-electron chi connectivity index (χ0n) is 9.01. The molecule has 0 aliphatic carbocycles. The number of hydrogen-bond acceptors (Lipinski definition) is 4. The Kier molecular flexibility index (Phi) is 5.03. The van der Waals surface area contributed by atoms with Crippen molar-refractivity contribution in [2.75, 3.05) is 12.0 Å². The van der Waals surface area contributed by atoms with Crippen LogP contribution in [0.4, 0.5) is 0 Å². The van der Waals surface area contributed by atoms with Crippen LogP contribution in [0.3, 0.4) is 0 Å². The Morgan fingerprint density at radius 2 is 2.12 bits per heavy atom. The number of nitriles is 1. The third-order valence-corrected chi connectivity index (χ3v) is 2.76. The molecule has 0 fully saturated rings. The molecule has 3 nitrogen and oxygen atoms in total. The fraction of sp³-hybridized carbons (Fsp3) is 0.333. The Morgan fingerprint density at radius 1 is 1.50 bits per heavy atom. The lowest BCUT2D eigenvalue weighted by molar-refractivity contribution is -0.118. The van der Waals surface area contributed by atoms with Crippen LogP contribution < -0.4 is 0 Å². The van der Waals surface area contributed by atoms with Crippen molar-refractivity contribution in [2.24, 2.45) is 0 Å². The number of carbonyl (C=O) groups excluding carboxylic acids is 1. The molecule has 1 aromatic rings.